The van der Waals surface area contributed by atoms with E-state index in [1.165, 1.54) is 0 Å². The molecular formula is C17H21BrClN3O2. The summed E-state index contributed by atoms with van der Waals surface area (Å²) >= 11 is 9.70. The van der Waals surface area contributed by atoms with Crippen LogP contribution in [0.3, 0.4) is 0 Å². The number of rotatable bonds is 3. The van der Waals surface area contributed by atoms with Crippen LogP contribution in [0.1, 0.15) is 52.8 Å². The third kappa shape index (κ3) is 2.84. The normalized spacial score (nSPS) is 27.1. The van der Waals surface area contributed by atoms with Crippen LogP contribution in [0.2, 0.25) is 5.15 Å². The largest absolute Gasteiger partial charge is 0.463 e. The number of halogens is 2. The summed E-state index contributed by atoms with van der Waals surface area (Å²) in [7, 11) is 0. The number of nitrogens with zero attached hydrogens (tertiary/aromatic N) is 3. The highest BCUT2D eigenvalue weighted by molar-refractivity contribution is 9.10. The first-order valence-corrected chi connectivity index (χ1v) is 9.23. The first-order chi connectivity index (χ1) is 11.2. The van der Waals surface area contributed by atoms with Crippen molar-refractivity contribution in [1.29, 1.82) is 0 Å². The topological polar surface area (TPSA) is 56.5 Å². The molecule has 1 saturated carbocycles. The average molecular weight is 415 g/mol. The van der Waals surface area contributed by atoms with E-state index in [4.69, 9.17) is 21.3 Å². The molecular weight excluding hydrogens is 394 g/mol. The number of ether oxygens (including phenoxy) is 1. The van der Waals surface area contributed by atoms with E-state index in [9.17, 15) is 4.79 Å². The quantitative estimate of drug-likeness (QED) is 0.692. The van der Waals surface area contributed by atoms with E-state index in [1.807, 2.05) is 31.4 Å². The molecule has 2 atom stereocenters. The van der Waals surface area contributed by atoms with E-state index in [2.05, 4.69) is 27.8 Å². The summed E-state index contributed by atoms with van der Waals surface area (Å²) in [5.41, 5.74) is 0.0344. The molecule has 1 aliphatic carbocycles. The van der Waals surface area contributed by atoms with Crippen molar-refractivity contribution < 1.29 is 9.53 Å². The molecule has 5 nitrogen and oxygen atoms in total. The fraction of sp³-hybridized carbons (Fsp3) is 0.588. The minimum atomic E-state index is -0.492. The Morgan fingerprint density at radius 3 is 2.79 bits per heavy atom. The highest BCUT2D eigenvalue weighted by atomic mass is 79.9. The molecule has 2 heterocycles. The molecule has 0 aromatic carbocycles. The van der Waals surface area contributed by atoms with Gasteiger partial charge in [-0.1, -0.05) is 18.5 Å². The van der Waals surface area contributed by atoms with E-state index in [1.54, 1.807) is 6.20 Å². The number of aromatic nitrogens is 3. The Labute approximate surface area is 154 Å². The number of fused-ring (bicyclic) bond motifs is 1. The van der Waals surface area contributed by atoms with E-state index in [-0.39, 0.29) is 17.5 Å². The Bertz CT molecular complexity index is 806. The molecule has 2 aromatic heterocycles. The van der Waals surface area contributed by atoms with Crippen LogP contribution in [-0.4, -0.2) is 26.4 Å². The van der Waals surface area contributed by atoms with Gasteiger partial charge in [0.25, 0.3) is 0 Å². The van der Waals surface area contributed by atoms with Crippen molar-refractivity contribution in [2.45, 2.75) is 58.5 Å². The van der Waals surface area contributed by atoms with Gasteiger partial charge in [0.2, 0.25) is 0 Å². The lowest BCUT2D eigenvalue weighted by atomic mass is 9.81. The van der Waals surface area contributed by atoms with E-state index in [0.717, 1.165) is 24.2 Å². The molecule has 2 aromatic rings. The molecule has 1 fully saturated rings. The maximum absolute atomic E-state index is 12.5. The van der Waals surface area contributed by atoms with Crippen LogP contribution in [0.4, 0.5) is 0 Å². The zero-order chi connectivity index (χ0) is 17.7. The van der Waals surface area contributed by atoms with Crippen molar-refractivity contribution in [3.63, 3.8) is 0 Å². The molecule has 0 unspecified atom stereocenters. The predicted molar refractivity (Wildman–Crippen MR) is 96.2 cm³/mol. The Hall–Kier alpha value is -1.14. The van der Waals surface area contributed by atoms with Gasteiger partial charge in [-0.05, 0) is 56.0 Å². The molecule has 0 saturated heterocycles. The van der Waals surface area contributed by atoms with Gasteiger partial charge in [0.1, 0.15) is 15.9 Å². The maximum atomic E-state index is 12.5. The van der Waals surface area contributed by atoms with Crippen LogP contribution in [0.5, 0.6) is 0 Å². The average Bonchev–Trinajstić information content (AvgIpc) is 2.99. The third-order valence-electron chi connectivity index (χ3n) is 4.85. The predicted octanol–water partition coefficient (Wildman–Crippen LogP) is 4.54. The smallest absolute Gasteiger partial charge is 0.312 e. The number of imidazole rings is 1. The third-order valence-corrected chi connectivity index (χ3v) is 5.68. The molecule has 0 aliphatic heterocycles. The summed E-state index contributed by atoms with van der Waals surface area (Å²) in [5.74, 6) is 0.774. The van der Waals surface area contributed by atoms with E-state index >= 15 is 0 Å². The fourth-order valence-electron chi connectivity index (χ4n) is 3.70. The first kappa shape index (κ1) is 17.7. The molecule has 7 heteroatoms. The van der Waals surface area contributed by atoms with Crippen molar-refractivity contribution in [2.75, 3.05) is 0 Å². The van der Waals surface area contributed by atoms with E-state index < -0.39 is 5.41 Å². The van der Waals surface area contributed by atoms with Crippen molar-refractivity contribution in [1.82, 2.24) is 14.4 Å². The van der Waals surface area contributed by atoms with Crippen molar-refractivity contribution in [2.24, 2.45) is 5.41 Å². The van der Waals surface area contributed by atoms with Gasteiger partial charge in [-0.3, -0.25) is 9.20 Å². The lowest BCUT2D eigenvalue weighted by molar-refractivity contribution is -0.158. The van der Waals surface area contributed by atoms with Crippen LogP contribution < -0.4 is 0 Å². The van der Waals surface area contributed by atoms with Gasteiger partial charge in [0.15, 0.2) is 5.15 Å². The molecule has 24 heavy (non-hydrogen) atoms. The summed E-state index contributed by atoms with van der Waals surface area (Å²) in [5, 5.41) is 0.409. The second-order valence-corrected chi connectivity index (χ2v) is 8.52. The van der Waals surface area contributed by atoms with Crippen LogP contribution in [0.25, 0.3) is 5.52 Å². The summed E-state index contributed by atoms with van der Waals surface area (Å²) in [6.07, 6.45) is 5.76. The van der Waals surface area contributed by atoms with Gasteiger partial charge in [0, 0.05) is 17.8 Å². The monoisotopic (exact) mass is 413 g/mol. The van der Waals surface area contributed by atoms with Gasteiger partial charge < -0.3 is 4.74 Å². The minimum Gasteiger partial charge on any atom is -0.463 e. The van der Waals surface area contributed by atoms with Gasteiger partial charge in [0.05, 0.1) is 11.5 Å². The minimum absolute atomic E-state index is 0.104. The molecule has 130 valence electrons. The lowest BCUT2D eigenvalue weighted by Crippen LogP contribution is -2.32. The summed E-state index contributed by atoms with van der Waals surface area (Å²) in [4.78, 5) is 21.3. The van der Waals surface area contributed by atoms with Crippen molar-refractivity contribution >= 4 is 39.0 Å². The molecule has 0 radical (unpaired) electrons. The van der Waals surface area contributed by atoms with E-state index in [0.29, 0.717) is 16.2 Å². The van der Waals surface area contributed by atoms with Crippen molar-refractivity contribution in [3.05, 3.63) is 28.0 Å². The fourth-order valence-corrected chi connectivity index (χ4v) is 4.60. The number of carbonyl (C=O) groups is 1. The number of hydrogen-bond acceptors (Lipinski definition) is 4. The molecule has 0 N–H and O–H groups in total. The number of esters is 1. The van der Waals surface area contributed by atoms with Crippen molar-refractivity contribution in [3.8, 4) is 0 Å². The SMILES string of the molecule is CC(C)OC(=O)[C@]1(C)CC[C@@](C)(c2nc(Br)c3c(Cl)nccn23)C1. The Balaban J connectivity index is 1.99. The molecule has 0 bridgehead atoms. The number of hydrogen-bond donors (Lipinski definition) is 0. The Morgan fingerprint density at radius 1 is 1.42 bits per heavy atom. The van der Waals surface area contributed by atoms with Crippen LogP contribution in [-0.2, 0) is 14.9 Å². The Morgan fingerprint density at radius 2 is 2.12 bits per heavy atom. The summed E-state index contributed by atoms with van der Waals surface area (Å²) in [6.45, 7) is 7.89. The summed E-state index contributed by atoms with van der Waals surface area (Å²) in [6, 6.07) is 0. The summed E-state index contributed by atoms with van der Waals surface area (Å²) < 4.78 is 8.12. The van der Waals surface area contributed by atoms with Crippen LogP contribution in [0.15, 0.2) is 17.0 Å². The molecule has 3 rings (SSSR count). The van der Waals surface area contributed by atoms with Crippen LogP contribution in [0, 0.1) is 5.41 Å². The Kier molecular flexibility index (Phi) is 4.41. The highest BCUT2D eigenvalue weighted by Crippen LogP contribution is 2.51. The zero-order valence-electron chi connectivity index (χ0n) is 14.3. The number of carbonyl (C=O) groups excluding carboxylic acids is 1. The molecule has 0 amide bonds. The second-order valence-electron chi connectivity index (χ2n) is 7.42. The maximum Gasteiger partial charge on any atom is 0.312 e. The van der Waals surface area contributed by atoms with Crippen LogP contribution >= 0.6 is 27.5 Å². The van der Waals surface area contributed by atoms with Gasteiger partial charge in [-0.2, -0.15) is 0 Å². The zero-order valence-corrected chi connectivity index (χ0v) is 16.6. The van der Waals surface area contributed by atoms with Gasteiger partial charge in [-0.25, -0.2) is 9.97 Å². The van der Waals surface area contributed by atoms with Gasteiger partial charge in [-0.15, -0.1) is 0 Å². The van der Waals surface area contributed by atoms with Gasteiger partial charge >= 0.3 is 5.97 Å². The standard InChI is InChI=1S/C17H21BrClN3O2/c1-10(2)24-15(23)17(4)6-5-16(3,9-17)14-21-12(18)11-13(19)20-7-8-22(11)14/h7-8,10H,5-6,9H2,1-4H3/t16-,17-/m1/s1. The second kappa shape index (κ2) is 5.99. The molecule has 1 aliphatic rings. The lowest BCUT2D eigenvalue weighted by Gasteiger charge is -2.27. The first-order valence-electron chi connectivity index (χ1n) is 8.06. The highest BCUT2D eigenvalue weighted by Gasteiger charge is 2.51. The molecule has 0 spiro atoms.